The van der Waals surface area contributed by atoms with Gasteiger partial charge < -0.3 is 38.2 Å². The van der Waals surface area contributed by atoms with Crippen LogP contribution in [-0.4, -0.2) is 92.0 Å². The highest BCUT2D eigenvalue weighted by molar-refractivity contribution is 7.79. The van der Waals surface area contributed by atoms with Crippen LogP contribution < -0.4 is 0 Å². The second-order valence-electron chi connectivity index (χ2n) is 8.18. The Morgan fingerprint density at radius 1 is 0.931 bits per heavy atom. The van der Waals surface area contributed by atoms with Gasteiger partial charge in [0.05, 0.1) is 37.6 Å². The molecule has 2 radical (unpaired) electrons. The van der Waals surface area contributed by atoms with Crippen molar-refractivity contribution in [1.82, 2.24) is 0 Å². The minimum atomic E-state index is -4.06. The Morgan fingerprint density at radius 2 is 1.45 bits per heavy atom. The maximum atomic E-state index is 12.7. The van der Waals surface area contributed by atoms with E-state index in [0.717, 1.165) is 0 Å². The van der Waals surface area contributed by atoms with E-state index in [1.54, 1.807) is 13.8 Å². The molecule has 2 rings (SSSR count). The minimum Gasteiger partial charge on any atom is -0.388 e. The second kappa shape index (κ2) is 10.5. The fourth-order valence-corrected chi connectivity index (χ4v) is 4.40. The first-order chi connectivity index (χ1) is 13.4. The lowest BCUT2D eigenvalue weighted by Gasteiger charge is -2.27. The monoisotopic (exact) mass is 436 g/mol. The lowest BCUT2D eigenvalue weighted by Crippen LogP contribution is -2.39. The molecule has 9 atom stereocenters. The van der Waals surface area contributed by atoms with Gasteiger partial charge in [0, 0.05) is 0 Å². The molecule has 2 saturated heterocycles. The second-order valence-corrected chi connectivity index (χ2v) is 9.73. The smallest absolute Gasteiger partial charge is 0.264 e. The third-order valence-electron chi connectivity index (χ3n) is 4.86. The van der Waals surface area contributed by atoms with Gasteiger partial charge in [0.1, 0.15) is 36.6 Å². The molecule has 2 aliphatic heterocycles. The Bertz CT molecular complexity index is 563. The molecule has 0 aromatic heterocycles. The molecule has 0 aromatic rings. The van der Waals surface area contributed by atoms with E-state index in [1.807, 2.05) is 27.7 Å². The van der Waals surface area contributed by atoms with Gasteiger partial charge in [-0.25, -0.2) is 0 Å². The summed E-state index contributed by atoms with van der Waals surface area (Å²) in [6.45, 7) is 10.8. The average molecular weight is 436 g/mol. The molecule has 2 fully saturated rings. The predicted molar refractivity (Wildman–Crippen MR) is 106 cm³/mol. The highest BCUT2D eigenvalue weighted by Crippen LogP contribution is 2.47. The van der Waals surface area contributed by atoms with Crippen molar-refractivity contribution in [3.63, 3.8) is 0 Å². The fraction of sp³-hybridized carbons (Fsp3) is 1.00. The number of ether oxygens (including phenoxy) is 4. The third kappa shape index (κ3) is 6.99. The van der Waals surface area contributed by atoms with Crippen LogP contribution in [0.5, 0.6) is 0 Å². The average Bonchev–Trinajstić information content (AvgIpc) is 3.02. The number of hydrogen-bond donors (Lipinski definition) is 2. The summed E-state index contributed by atoms with van der Waals surface area (Å²) in [5.74, 6) is 0. The lowest BCUT2D eigenvalue weighted by molar-refractivity contribution is -0.0776. The minimum absolute atomic E-state index is 0.0425. The predicted octanol–water partition coefficient (Wildman–Crippen LogP) is 1.18. The molecule has 9 nitrogen and oxygen atoms in total. The molecule has 2 heterocycles. The molecular formula is C18H34BO9P. The summed E-state index contributed by atoms with van der Waals surface area (Å²) >= 11 is 0. The summed E-state index contributed by atoms with van der Waals surface area (Å²) in [6.07, 6.45) is -5.94. The van der Waals surface area contributed by atoms with E-state index in [1.165, 1.54) is 0 Å². The molecule has 0 saturated carbocycles. The van der Waals surface area contributed by atoms with Crippen molar-refractivity contribution in [3.05, 3.63) is 0 Å². The first-order valence-electron chi connectivity index (χ1n) is 10.1. The normalized spacial score (nSPS) is 40.1. The van der Waals surface area contributed by atoms with E-state index in [-0.39, 0.29) is 25.4 Å². The van der Waals surface area contributed by atoms with Crippen molar-refractivity contribution in [2.75, 3.05) is 13.2 Å². The van der Waals surface area contributed by atoms with Crippen molar-refractivity contribution in [2.24, 2.45) is 0 Å². The van der Waals surface area contributed by atoms with Crippen molar-refractivity contribution in [1.29, 1.82) is 0 Å². The van der Waals surface area contributed by atoms with Crippen LogP contribution in [0.1, 0.15) is 41.5 Å². The van der Waals surface area contributed by atoms with Gasteiger partial charge in [-0.15, -0.1) is 0 Å². The van der Waals surface area contributed by atoms with Crippen LogP contribution >= 0.6 is 7.47 Å². The quantitative estimate of drug-likeness (QED) is 0.385. The number of rotatable bonds is 10. The molecule has 0 aliphatic carbocycles. The van der Waals surface area contributed by atoms with Crippen LogP contribution in [0.15, 0.2) is 0 Å². The summed E-state index contributed by atoms with van der Waals surface area (Å²) in [5, 5.41) is 20.6. The summed E-state index contributed by atoms with van der Waals surface area (Å²) in [6, 6.07) is 0. The zero-order valence-corrected chi connectivity index (χ0v) is 18.9. The van der Waals surface area contributed by atoms with Crippen molar-refractivity contribution in [2.45, 2.75) is 103 Å². The van der Waals surface area contributed by atoms with E-state index in [0.29, 0.717) is 0 Å². The molecule has 168 valence electrons. The van der Waals surface area contributed by atoms with Gasteiger partial charge in [-0.05, 0) is 41.5 Å². The largest absolute Gasteiger partial charge is 0.388 e. The molecule has 0 spiro atoms. The first kappa shape index (κ1) is 25.2. The van der Waals surface area contributed by atoms with Crippen LogP contribution in [-0.2, 0) is 32.6 Å². The summed E-state index contributed by atoms with van der Waals surface area (Å²) in [7, 11) is 1.71. The first-order valence-corrected chi connectivity index (χ1v) is 11.7. The zero-order chi connectivity index (χ0) is 21.9. The van der Waals surface area contributed by atoms with E-state index in [9.17, 15) is 14.8 Å². The van der Waals surface area contributed by atoms with Gasteiger partial charge in [-0.3, -0.25) is 4.57 Å². The van der Waals surface area contributed by atoms with Crippen LogP contribution in [0.25, 0.3) is 0 Å². The Morgan fingerprint density at radius 3 is 1.97 bits per heavy atom. The van der Waals surface area contributed by atoms with E-state index < -0.39 is 56.3 Å². The van der Waals surface area contributed by atoms with Crippen molar-refractivity contribution >= 4 is 15.0 Å². The van der Waals surface area contributed by atoms with E-state index in [4.69, 9.17) is 35.6 Å². The van der Waals surface area contributed by atoms with Gasteiger partial charge >= 0.3 is 0 Å². The SMILES string of the molecule is [B]P(=O)(OC[C@H]1O[C@@H](C)[C@@H](O)C1OC(C)C)OC1[C@@H](COC(C)C)O[C@@H](C)[C@H]1O. The van der Waals surface area contributed by atoms with E-state index in [2.05, 4.69) is 0 Å². The Hall–Kier alpha value is -0.0251. The molecule has 0 aromatic carbocycles. The Balaban J connectivity index is 1.96. The number of aliphatic hydroxyl groups is 2. The Labute approximate surface area is 174 Å². The molecule has 2 aliphatic rings. The van der Waals surface area contributed by atoms with Gasteiger partial charge in [-0.1, -0.05) is 0 Å². The summed E-state index contributed by atoms with van der Waals surface area (Å²) in [4.78, 5) is 0. The standard InChI is InChI=1S/C18H34BO9P/c1-9(2)23-7-13-18(16(21)12(6)26-13)28-29(19,22)24-8-14-17(25-10(3)4)15(20)11(5)27-14/h9-18,20-21H,7-8H2,1-6H3/t11-,12-,13+,14+,15+,16+,17?,18?,29?/m0/s1. The lowest BCUT2D eigenvalue weighted by atomic mass is 10.1. The molecule has 2 N–H and O–H groups in total. The summed E-state index contributed by atoms with van der Waals surface area (Å²) < 4.78 is 46.0. The van der Waals surface area contributed by atoms with Gasteiger partial charge in [0.15, 0.2) is 0 Å². The maximum Gasteiger partial charge on any atom is 0.264 e. The molecule has 29 heavy (non-hydrogen) atoms. The maximum absolute atomic E-state index is 12.7. The van der Waals surface area contributed by atoms with Crippen LogP contribution in [0.2, 0.25) is 0 Å². The molecule has 0 bridgehead atoms. The molecule has 3 unspecified atom stereocenters. The molecular weight excluding hydrogens is 402 g/mol. The van der Waals surface area contributed by atoms with Gasteiger partial charge in [0.25, 0.3) is 7.47 Å². The van der Waals surface area contributed by atoms with Crippen molar-refractivity contribution in [3.8, 4) is 0 Å². The summed E-state index contributed by atoms with van der Waals surface area (Å²) in [5.41, 5.74) is 0. The number of hydrogen-bond acceptors (Lipinski definition) is 9. The topological polar surface area (TPSA) is 113 Å². The number of aliphatic hydroxyl groups excluding tert-OH is 2. The highest BCUT2D eigenvalue weighted by Gasteiger charge is 2.47. The fourth-order valence-electron chi connectivity index (χ4n) is 3.39. The zero-order valence-electron chi connectivity index (χ0n) is 18.0. The highest BCUT2D eigenvalue weighted by atomic mass is 31.2. The van der Waals surface area contributed by atoms with Crippen molar-refractivity contribution < 1.29 is 42.8 Å². The van der Waals surface area contributed by atoms with Gasteiger partial charge in [-0.2, -0.15) is 0 Å². The van der Waals surface area contributed by atoms with Crippen LogP contribution in [0.3, 0.4) is 0 Å². The van der Waals surface area contributed by atoms with Crippen LogP contribution in [0.4, 0.5) is 0 Å². The van der Waals surface area contributed by atoms with Gasteiger partial charge in [0.2, 0.25) is 7.57 Å². The van der Waals surface area contributed by atoms with Crippen LogP contribution in [0, 0.1) is 0 Å². The Kier molecular flexibility index (Phi) is 9.16. The van der Waals surface area contributed by atoms with E-state index >= 15 is 0 Å². The third-order valence-corrected chi connectivity index (χ3v) is 5.90. The molecule has 0 amide bonds. The molecule has 11 heteroatoms.